The summed E-state index contributed by atoms with van der Waals surface area (Å²) >= 11 is 0. The second kappa shape index (κ2) is 7.90. The summed E-state index contributed by atoms with van der Waals surface area (Å²) < 4.78 is 7.91. The first-order valence-corrected chi connectivity index (χ1v) is 9.88. The van der Waals surface area contributed by atoms with E-state index in [4.69, 9.17) is 4.74 Å². The number of hydrogen-bond acceptors (Lipinski definition) is 3. The Balaban J connectivity index is 1.52. The van der Waals surface area contributed by atoms with Crippen LogP contribution in [0.2, 0.25) is 0 Å². The molecule has 140 valence electrons. The van der Waals surface area contributed by atoms with Crippen molar-refractivity contribution in [1.29, 1.82) is 0 Å². The van der Waals surface area contributed by atoms with Crippen LogP contribution in [0.5, 0.6) is 0 Å². The molecule has 5 nitrogen and oxygen atoms in total. The highest BCUT2D eigenvalue weighted by Crippen LogP contribution is 2.40. The van der Waals surface area contributed by atoms with Gasteiger partial charge in [0.1, 0.15) is 6.10 Å². The summed E-state index contributed by atoms with van der Waals surface area (Å²) in [6, 6.07) is 0. The Morgan fingerprint density at radius 2 is 2.08 bits per heavy atom. The highest BCUT2D eigenvalue weighted by Gasteiger charge is 2.30. The first kappa shape index (κ1) is 18.4. The average molecular weight is 348 g/mol. The summed E-state index contributed by atoms with van der Waals surface area (Å²) in [7, 11) is 0. The van der Waals surface area contributed by atoms with Crippen molar-refractivity contribution < 1.29 is 9.53 Å². The third kappa shape index (κ3) is 4.84. The molecule has 2 unspecified atom stereocenters. The van der Waals surface area contributed by atoms with Gasteiger partial charge in [-0.05, 0) is 37.5 Å². The minimum atomic E-state index is -0.411. The second-order valence-corrected chi connectivity index (χ2v) is 8.56. The largest absolute Gasteiger partial charge is 0.363 e. The van der Waals surface area contributed by atoms with Crippen molar-refractivity contribution in [2.45, 2.75) is 84.5 Å². The highest BCUT2D eigenvalue weighted by molar-refractivity contribution is 5.81. The van der Waals surface area contributed by atoms with E-state index in [1.54, 1.807) is 0 Å². The van der Waals surface area contributed by atoms with Gasteiger partial charge in [0, 0.05) is 25.7 Å². The van der Waals surface area contributed by atoms with Gasteiger partial charge < -0.3 is 14.6 Å². The highest BCUT2D eigenvalue weighted by atomic mass is 16.5. The topological polar surface area (TPSA) is 56.2 Å². The maximum absolute atomic E-state index is 11.9. The van der Waals surface area contributed by atoms with Crippen LogP contribution in [0.4, 0.5) is 0 Å². The van der Waals surface area contributed by atoms with Crippen LogP contribution >= 0.6 is 0 Å². The molecule has 2 aliphatic rings. The third-order valence-electron chi connectivity index (χ3n) is 6.06. The molecule has 1 amide bonds. The minimum absolute atomic E-state index is 0.0221. The molecule has 1 saturated carbocycles. The zero-order valence-corrected chi connectivity index (χ0v) is 16.0. The van der Waals surface area contributed by atoms with Crippen molar-refractivity contribution in [2.24, 2.45) is 11.3 Å². The van der Waals surface area contributed by atoms with Crippen molar-refractivity contribution in [1.82, 2.24) is 14.9 Å². The molecule has 0 bridgehead atoms. The summed E-state index contributed by atoms with van der Waals surface area (Å²) in [6.45, 7) is 8.41. The lowest BCUT2D eigenvalue weighted by Crippen LogP contribution is -2.49. The quantitative estimate of drug-likeness (QED) is 0.859. The number of nitrogens with zero attached hydrogens (tertiary/aromatic N) is 2. The maximum Gasteiger partial charge on any atom is 0.249 e. The van der Waals surface area contributed by atoms with E-state index in [2.05, 4.69) is 34.9 Å². The molecule has 25 heavy (non-hydrogen) atoms. The summed E-state index contributed by atoms with van der Waals surface area (Å²) in [5, 5.41) is 2.89. The minimum Gasteiger partial charge on any atom is -0.363 e. The Bertz CT molecular complexity index is 575. The number of carbonyl (C=O) groups excluding carboxylic acids is 1. The van der Waals surface area contributed by atoms with Gasteiger partial charge in [-0.2, -0.15) is 0 Å². The molecule has 1 aromatic heterocycles. The molecular weight excluding hydrogens is 314 g/mol. The van der Waals surface area contributed by atoms with Crippen LogP contribution in [0, 0.1) is 11.3 Å². The molecule has 0 aromatic carbocycles. The summed E-state index contributed by atoms with van der Waals surface area (Å²) in [5.41, 5.74) is 1.32. The molecule has 1 aromatic rings. The van der Waals surface area contributed by atoms with E-state index < -0.39 is 6.10 Å². The van der Waals surface area contributed by atoms with Crippen molar-refractivity contribution in [3.05, 3.63) is 18.2 Å². The standard InChI is InChI=1S/C20H33N3O2/c1-15-12-21-19(24)18(25-15)11-17-13-23(14-22-17)10-9-20(2,3)16-7-5-4-6-8-16/h13-16,18H,4-12H2,1-3H3,(H,21,24). The lowest BCUT2D eigenvalue weighted by atomic mass is 9.69. The predicted octanol–water partition coefficient (Wildman–Crippen LogP) is 3.33. The van der Waals surface area contributed by atoms with Gasteiger partial charge in [0.05, 0.1) is 18.1 Å². The number of amides is 1. The van der Waals surface area contributed by atoms with Crippen LogP contribution < -0.4 is 5.32 Å². The Labute approximate surface area is 151 Å². The van der Waals surface area contributed by atoms with E-state index in [9.17, 15) is 4.79 Å². The van der Waals surface area contributed by atoms with Crippen LogP contribution in [0.15, 0.2) is 12.5 Å². The zero-order valence-electron chi connectivity index (χ0n) is 16.0. The van der Waals surface area contributed by atoms with Crippen LogP contribution in [0.3, 0.4) is 0 Å². The van der Waals surface area contributed by atoms with Crippen LogP contribution in [0.25, 0.3) is 0 Å². The lowest BCUT2D eigenvalue weighted by Gasteiger charge is -2.37. The molecule has 0 radical (unpaired) electrons. The van der Waals surface area contributed by atoms with E-state index in [0.717, 1.165) is 18.2 Å². The van der Waals surface area contributed by atoms with Gasteiger partial charge in [-0.25, -0.2) is 4.98 Å². The number of morpholine rings is 1. The van der Waals surface area contributed by atoms with Crippen LogP contribution in [-0.2, 0) is 22.5 Å². The number of hydrogen-bond donors (Lipinski definition) is 1. The van der Waals surface area contributed by atoms with Gasteiger partial charge in [0.25, 0.3) is 0 Å². The third-order valence-corrected chi connectivity index (χ3v) is 6.06. The Kier molecular flexibility index (Phi) is 5.82. The summed E-state index contributed by atoms with van der Waals surface area (Å²) in [4.78, 5) is 16.4. The van der Waals surface area contributed by atoms with Crippen molar-refractivity contribution in [2.75, 3.05) is 6.54 Å². The van der Waals surface area contributed by atoms with Crippen LogP contribution in [-0.4, -0.2) is 34.2 Å². The normalized spacial score (nSPS) is 25.8. The van der Waals surface area contributed by atoms with Crippen molar-refractivity contribution >= 4 is 5.91 Å². The Morgan fingerprint density at radius 3 is 2.84 bits per heavy atom. The predicted molar refractivity (Wildman–Crippen MR) is 98.2 cm³/mol. The molecule has 3 rings (SSSR count). The van der Waals surface area contributed by atoms with Gasteiger partial charge in [-0.15, -0.1) is 0 Å². The molecule has 1 aliphatic heterocycles. The molecule has 1 saturated heterocycles. The smallest absolute Gasteiger partial charge is 0.249 e. The molecular formula is C20H33N3O2. The van der Waals surface area contributed by atoms with E-state index >= 15 is 0 Å². The summed E-state index contributed by atoms with van der Waals surface area (Å²) in [5.74, 6) is 0.830. The summed E-state index contributed by atoms with van der Waals surface area (Å²) in [6.07, 6.45) is 12.3. The molecule has 1 aliphatic carbocycles. The monoisotopic (exact) mass is 347 g/mol. The first-order valence-electron chi connectivity index (χ1n) is 9.88. The first-order chi connectivity index (χ1) is 11.9. The SMILES string of the molecule is CC1CNC(=O)C(Cc2cn(CCC(C)(C)C3CCCCC3)cn2)O1. The number of rotatable bonds is 6. The van der Waals surface area contributed by atoms with Crippen molar-refractivity contribution in [3.8, 4) is 0 Å². The van der Waals surface area contributed by atoms with Gasteiger partial charge >= 0.3 is 0 Å². The maximum atomic E-state index is 11.9. The fourth-order valence-corrected chi connectivity index (χ4v) is 4.22. The van der Waals surface area contributed by atoms with Gasteiger partial charge in [0.2, 0.25) is 5.91 Å². The molecule has 1 N–H and O–H groups in total. The van der Waals surface area contributed by atoms with Gasteiger partial charge in [0.15, 0.2) is 0 Å². The number of imidazole rings is 1. The van der Waals surface area contributed by atoms with Crippen molar-refractivity contribution in [3.63, 3.8) is 0 Å². The number of carbonyl (C=O) groups is 1. The molecule has 2 heterocycles. The van der Waals surface area contributed by atoms with E-state index in [-0.39, 0.29) is 12.0 Å². The average Bonchev–Trinajstić information content (AvgIpc) is 3.05. The fourth-order valence-electron chi connectivity index (χ4n) is 4.22. The fraction of sp³-hybridized carbons (Fsp3) is 0.800. The van der Waals surface area contributed by atoms with E-state index in [0.29, 0.717) is 18.4 Å². The zero-order chi connectivity index (χ0) is 17.9. The number of nitrogens with one attached hydrogen (secondary N) is 1. The number of ether oxygens (including phenoxy) is 1. The second-order valence-electron chi connectivity index (χ2n) is 8.56. The Morgan fingerprint density at radius 1 is 1.32 bits per heavy atom. The molecule has 5 heteroatoms. The molecule has 2 atom stereocenters. The number of aromatic nitrogens is 2. The van der Waals surface area contributed by atoms with Gasteiger partial charge in [-0.3, -0.25) is 4.79 Å². The number of aryl methyl sites for hydroxylation is 1. The molecule has 2 fully saturated rings. The van der Waals surface area contributed by atoms with E-state index in [1.165, 1.54) is 38.5 Å². The van der Waals surface area contributed by atoms with Gasteiger partial charge in [-0.1, -0.05) is 33.1 Å². The molecule has 0 spiro atoms. The lowest BCUT2D eigenvalue weighted by molar-refractivity contribution is -0.143. The van der Waals surface area contributed by atoms with Crippen LogP contribution in [0.1, 0.15) is 65.0 Å². The van der Waals surface area contributed by atoms with E-state index in [1.807, 2.05) is 13.3 Å². The Hall–Kier alpha value is -1.36.